The van der Waals surface area contributed by atoms with Crippen LogP contribution in [0.3, 0.4) is 0 Å². The summed E-state index contributed by atoms with van der Waals surface area (Å²) in [5.74, 6) is 0.708. The van der Waals surface area contributed by atoms with E-state index in [0.717, 1.165) is 28.1 Å². The molecule has 0 unspecified atom stereocenters. The normalized spacial score (nSPS) is 12.9. The van der Waals surface area contributed by atoms with Gasteiger partial charge in [-0.05, 0) is 89.0 Å². The largest absolute Gasteiger partial charge is 0.228 e. The molecule has 12 rings (SSSR count). The number of hydrogen-bond donors (Lipinski definition) is 0. The van der Waals surface area contributed by atoms with E-state index in [1.165, 1.54) is 76.8 Å². The molecule has 0 saturated carbocycles. The zero-order valence-corrected chi connectivity index (χ0v) is 32.2. The Morgan fingerprint density at radius 2 is 0.881 bits per heavy atom. The second-order valence-electron chi connectivity index (χ2n) is 15.6. The number of nitrogens with zero attached hydrogens (tertiary/aromatic N) is 2. The minimum absolute atomic E-state index is 0.597. The van der Waals surface area contributed by atoms with Gasteiger partial charge in [-0.15, -0.1) is 0 Å². The molecule has 0 saturated heterocycles. The quantitative estimate of drug-likeness (QED) is 0.158. The van der Waals surface area contributed by atoms with Gasteiger partial charge in [0.05, 0.1) is 16.8 Å². The molecule has 2 heteroatoms. The average Bonchev–Trinajstić information content (AvgIpc) is 3.62. The Labute approximate surface area is 343 Å². The topological polar surface area (TPSA) is 25.8 Å². The third-order valence-electron chi connectivity index (χ3n) is 12.5. The summed E-state index contributed by atoms with van der Waals surface area (Å²) in [5.41, 5.74) is 14.2. The number of hydrogen-bond acceptors (Lipinski definition) is 2. The van der Waals surface area contributed by atoms with Gasteiger partial charge in [-0.3, -0.25) is 0 Å². The molecule has 0 amide bonds. The van der Waals surface area contributed by atoms with Crippen LogP contribution in [-0.4, -0.2) is 9.97 Å². The summed E-state index contributed by atoms with van der Waals surface area (Å²) >= 11 is 0. The van der Waals surface area contributed by atoms with Crippen LogP contribution in [0, 0.1) is 0 Å². The fraction of sp³-hybridized carbons (Fsp3) is 0.0175. The zero-order valence-electron chi connectivity index (χ0n) is 32.2. The van der Waals surface area contributed by atoms with E-state index >= 15 is 0 Å². The molecule has 0 aliphatic heterocycles. The molecule has 2 nitrogen and oxygen atoms in total. The molecule has 0 N–H and O–H groups in total. The highest BCUT2D eigenvalue weighted by molar-refractivity contribution is 6.25. The lowest BCUT2D eigenvalue weighted by Crippen LogP contribution is -2.28. The summed E-state index contributed by atoms with van der Waals surface area (Å²) in [7, 11) is 0. The van der Waals surface area contributed by atoms with Crippen LogP contribution in [0.1, 0.15) is 22.3 Å². The van der Waals surface area contributed by atoms with Gasteiger partial charge in [0.15, 0.2) is 5.82 Å². The minimum atomic E-state index is -0.597. The van der Waals surface area contributed by atoms with Gasteiger partial charge >= 0.3 is 0 Å². The minimum Gasteiger partial charge on any atom is -0.228 e. The Bertz CT molecular complexity index is 3240. The molecule has 11 aromatic rings. The van der Waals surface area contributed by atoms with E-state index in [1.807, 2.05) is 12.1 Å². The maximum atomic E-state index is 5.37. The fourth-order valence-corrected chi connectivity index (χ4v) is 9.96. The van der Waals surface area contributed by atoms with Gasteiger partial charge in [0, 0.05) is 16.7 Å². The van der Waals surface area contributed by atoms with Crippen LogP contribution in [0.2, 0.25) is 0 Å². The number of rotatable bonds is 6. The van der Waals surface area contributed by atoms with Gasteiger partial charge in [-0.2, -0.15) is 0 Å². The third-order valence-corrected chi connectivity index (χ3v) is 12.5. The van der Waals surface area contributed by atoms with Gasteiger partial charge in [-0.1, -0.05) is 206 Å². The van der Waals surface area contributed by atoms with Crippen LogP contribution in [0.25, 0.3) is 88.5 Å². The van der Waals surface area contributed by atoms with Crippen LogP contribution in [0.4, 0.5) is 0 Å². The summed E-state index contributed by atoms with van der Waals surface area (Å²) in [5, 5.41) is 7.75. The molecule has 1 aliphatic rings. The van der Waals surface area contributed by atoms with Crippen LogP contribution in [-0.2, 0) is 5.41 Å². The molecule has 0 radical (unpaired) electrons. The van der Waals surface area contributed by atoms with E-state index < -0.39 is 5.41 Å². The lowest BCUT2D eigenvalue weighted by atomic mass is 9.67. The van der Waals surface area contributed by atoms with Crippen molar-refractivity contribution in [3.63, 3.8) is 0 Å². The van der Waals surface area contributed by atoms with Crippen molar-refractivity contribution in [1.82, 2.24) is 9.97 Å². The molecular formula is C57H36N2. The lowest BCUT2D eigenvalue weighted by Gasteiger charge is -2.34. The molecule has 1 aromatic heterocycles. The molecule has 0 fully saturated rings. The first kappa shape index (κ1) is 33.5. The summed E-state index contributed by atoms with van der Waals surface area (Å²) in [4.78, 5) is 10.5. The lowest BCUT2D eigenvalue weighted by molar-refractivity contribution is 0.769. The van der Waals surface area contributed by atoms with E-state index in [4.69, 9.17) is 9.97 Å². The van der Waals surface area contributed by atoms with E-state index in [-0.39, 0.29) is 0 Å². The van der Waals surface area contributed by atoms with Crippen LogP contribution >= 0.6 is 0 Å². The second kappa shape index (κ2) is 13.2. The highest BCUT2D eigenvalue weighted by Crippen LogP contribution is 2.59. The first-order valence-electron chi connectivity index (χ1n) is 20.3. The number of fused-ring (bicyclic) bond motifs is 3. The zero-order chi connectivity index (χ0) is 38.9. The molecular weight excluding hydrogens is 713 g/mol. The van der Waals surface area contributed by atoms with Crippen LogP contribution < -0.4 is 0 Å². The molecule has 1 aliphatic carbocycles. The van der Waals surface area contributed by atoms with Crippen molar-refractivity contribution >= 4 is 32.3 Å². The summed E-state index contributed by atoms with van der Waals surface area (Å²) in [6.07, 6.45) is 0. The van der Waals surface area contributed by atoms with Gasteiger partial charge in [0.2, 0.25) is 0 Å². The van der Waals surface area contributed by atoms with Crippen LogP contribution in [0.5, 0.6) is 0 Å². The van der Waals surface area contributed by atoms with Crippen molar-refractivity contribution in [3.8, 4) is 56.2 Å². The molecule has 59 heavy (non-hydrogen) atoms. The van der Waals surface area contributed by atoms with Crippen molar-refractivity contribution in [2.24, 2.45) is 0 Å². The smallest absolute Gasteiger partial charge is 0.160 e. The molecule has 10 aromatic carbocycles. The summed E-state index contributed by atoms with van der Waals surface area (Å²) in [6.45, 7) is 0. The van der Waals surface area contributed by atoms with Crippen molar-refractivity contribution < 1.29 is 0 Å². The second-order valence-corrected chi connectivity index (χ2v) is 15.6. The SMILES string of the molecule is c1ccc(-c2cc(-c3cccc4c3-c3ccc(-c5ccc6ccc7cccc8ccc5c6c78)cc3C4(c3ccccc3)c3ccccc3)nc(-c3ccccc3)n2)cc1. The van der Waals surface area contributed by atoms with E-state index in [2.05, 4.69) is 206 Å². The first-order valence-corrected chi connectivity index (χ1v) is 20.3. The van der Waals surface area contributed by atoms with E-state index in [9.17, 15) is 0 Å². The molecule has 0 atom stereocenters. The number of aromatic nitrogens is 2. The molecule has 0 spiro atoms. The summed E-state index contributed by atoms with van der Waals surface area (Å²) < 4.78 is 0. The van der Waals surface area contributed by atoms with Crippen molar-refractivity contribution in [3.05, 3.63) is 241 Å². The van der Waals surface area contributed by atoms with Crippen molar-refractivity contribution in [1.29, 1.82) is 0 Å². The van der Waals surface area contributed by atoms with Gasteiger partial charge in [-0.25, -0.2) is 9.97 Å². The molecule has 1 heterocycles. The Kier molecular flexibility index (Phi) is 7.48. The monoisotopic (exact) mass is 748 g/mol. The van der Waals surface area contributed by atoms with Crippen molar-refractivity contribution in [2.45, 2.75) is 5.41 Å². The predicted octanol–water partition coefficient (Wildman–Crippen LogP) is 14.4. The Morgan fingerprint density at radius 3 is 1.58 bits per heavy atom. The van der Waals surface area contributed by atoms with Crippen LogP contribution in [0.15, 0.2) is 218 Å². The Balaban J connectivity index is 1.16. The Morgan fingerprint density at radius 1 is 0.322 bits per heavy atom. The van der Waals surface area contributed by atoms with Gasteiger partial charge in [0.1, 0.15) is 0 Å². The highest BCUT2D eigenvalue weighted by atomic mass is 14.9. The standard InChI is InChI=1S/C57H36N2/c1-5-15-37(16-6-1)51-36-52(59-56(58-51)41-17-7-2-8-18-41)48-25-14-26-49-55(48)47-34-31-42(35-50(47)57(49,43-21-9-3-10-22-43)44-23-11-4-12-24-44)45-32-29-40-28-27-38-19-13-20-39-30-33-46(45)54(40)53(38)39/h1-36H. The summed E-state index contributed by atoms with van der Waals surface area (Å²) in [6, 6.07) is 79.4. The average molecular weight is 749 g/mol. The molecule has 0 bridgehead atoms. The van der Waals surface area contributed by atoms with E-state index in [1.54, 1.807) is 0 Å². The first-order chi connectivity index (χ1) is 29.3. The van der Waals surface area contributed by atoms with E-state index in [0.29, 0.717) is 5.82 Å². The third kappa shape index (κ3) is 5.06. The van der Waals surface area contributed by atoms with Gasteiger partial charge < -0.3 is 0 Å². The highest BCUT2D eigenvalue weighted by Gasteiger charge is 2.47. The van der Waals surface area contributed by atoms with Crippen molar-refractivity contribution in [2.75, 3.05) is 0 Å². The predicted molar refractivity (Wildman–Crippen MR) is 245 cm³/mol. The maximum Gasteiger partial charge on any atom is 0.160 e. The number of benzene rings is 10. The Hall–Kier alpha value is -7.68. The van der Waals surface area contributed by atoms with Gasteiger partial charge in [0.25, 0.3) is 0 Å². The maximum absolute atomic E-state index is 5.37. The molecule has 274 valence electrons. The fourth-order valence-electron chi connectivity index (χ4n) is 9.96.